The second kappa shape index (κ2) is 6.40. The van der Waals surface area contributed by atoms with Crippen molar-refractivity contribution in [2.24, 2.45) is 5.92 Å². The molecule has 23 heavy (non-hydrogen) atoms. The van der Waals surface area contributed by atoms with Gasteiger partial charge < -0.3 is 5.32 Å². The van der Waals surface area contributed by atoms with Gasteiger partial charge in [0.15, 0.2) is 0 Å². The highest BCUT2D eigenvalue weighted by atomic mass is 32.2. The summed E-state index contributed by atoms with van der Waals surface area (Å²) in [5, 5.41) is 5.14. The quantitative estimate of drug-likeness (QED) is 0.676. The van der Waals surface area contributed by atoms with Crippen LogP contribution < -0.4 is 5.32 Å². The fourth-order valence-corrected chi connectivity index (χ4v) is 5.18. The minimum absolute atomic E-state index is 0.0481. The molecule has 1 atom stereocenters. The zero-order valence-corrected chi connectivity index (χ0v) is 15.7. The lowest BCUT2D eigenvalue weighted by Crippen LogP contribution is -2.41. The molecule has 4 nitrogen and oxygen atoms in total. The van der Waals surface area contributed by atoms with Gasteiger partial charge in [-0.1, -0.05) is 18.7 Å². The number of amides is 1. The second-order valence-electron chi connectivity index (χ2n) is 7.30. The van der Waals surface area contributed by atoms with Crippen molar-refractivity contribution in [3.63, 3.8) is 0 Å². The van der Waals surface area contributed by atoms with Crippen LogP contribution in [0.15, 0.2) is 11.4 Å². The third-order valence-corrected chi connectivity index (χ3v) is 6.06. The van der Waals surface area contributed by atoms with Gasteiger partial charge in [0, 0.05) is 15.8 Å². The molecule has 1 N–H and O–H groups in total. The summed E-state index contributed by atoms with van der Waals surface area (Å²) in [6, 6.07) is 0. The van der Waals surface area contributed by atoms with Crippen LogP contribution >= 0.6 is 23.1 Å². The van der Waals surface area contributed by atoms with Gasteiger partial charge in [0.1, 0.15) is 16.2 Å². The van der Waals surface area contributed by atoms with Crippen LogP contribution in [0.25, 0.3) is 10.2 Å². The van der Waals surface area contributed by atoms with Crippen molar-refractivity contribution in [3.8, 4) is 0 Å². The molecule has 3 rings (SSSR count). The van der Waals surface area contributed by atoms with E-state index in [1.165, 1.54) is 34.0 Å². The summed E-state index contributed by atoms with van der Waals surface area (Å²) >= 11 is 3.32. The smallest absolute Gasteiger partial charge is 0.230 e. The predicted octanol–water partition coefficient (Wildman–Crippen LogP) is 3.82. The molecule has 0 bridgehead atoms. The van der Waals surface area contributed by atoms with E-state index in [4.69, 9.17) is 0 Å². The average Bonchev–Trinajstić information content (AvgIpc) is 2.81. The Labute approximate surface area is 145 Å². The molecule has 1 amide bonds. The van der Waals surface area contributed by atoms with Crippen molar-refractivity contribution >= 4 is 39.2 Å². The summed E-state index contributed by atoms with van der Waals surface area (Å²) in [4.78, 5) is 23.5. The van der Waals surface area contributed by atoms with E-state index < -0.39 is 0 Å². The van der Waals surface area contributed by atoms with Crippen LogP contribution in [0.5, 0.6) is 0 Å². The number of carbonyl (C=O) groups excluding carboxylic acids is 1. The molecule has 0 fully saturated rings. The Morgan fingerprint density at radius 3 is 2.96 bits per heavy atom. The highest BCUT2D eigenvalue weighted by Gasteiger charge is 2.23. The van der Waals surface area contributed by atoms with Gasteiger partial charge in [0.25, 0.3) is 0 Å². The van der Waals surface area contributed by atoms with Crippen molar-refractivity contribution in [2.75, 3.05) is 5.75 Å². The second-order valence-corrected chi connectivity index (χ2v) is 9.35. The molecule has 0 saturated carbocycles. The van der Waals surface area contributed by atoms with E-state index in [-0.39, 0.29) is 11.4 Å². The molecule has 1 aliphatic carbocycles. The third kappa shape index (κ3) is 3.86. The number of carbonyl (C=O) groups is 1. The molecule has 2 aromatic rings. The summed E-state index contributed by atoms with van der Waals surface area (Å²) < 4.78 is 0. The Bertz CT molecular complexity index is 733. The number of rotatable bonds is 3. The molecule has 0 aliphatic heterocycles. The Morgan fingerprint density at radius 2 is 2.22 bits per heavy atom. The van der Waals surface area contributed by atoms with E-state index >= 15 is 0 Å². The van der Waals surface area contributed by atoms with Gasteiger partial charge >= 0.3 is 0 Å². The lowest BCUT2D eigenvalue weighted by atomic mass is 9.89. The number of nitrogens with one attached hydrogen (secondary N) is 1. The van der Waals surface area contributed by atoms with Crippen LogP contribution in [0, 0.1) is 5.92 Å². The van der Waals surface area contributed by atoms with E-state index in [9.17, 15) is 4.79 Å². The highest BCUT2D eigenvalue weighted by Crippen LogP contribution is 2.40. The number of hydrogen-bond acceptors (Lipinski definition) is 5. The van der Waals surface area contributed by atoms with Crippen LogP contribution in [-0.4, -0.2) is 27.2 Å². The Hall–Kier alpha value is -1.14. The number of aromatic nitrogens is 2. The highest BCUT2D eigenvalue weighted by molar-refractivity contribution is 8.00. The Morgan fingerprint density at radius 1 is 1.43 bits per heavy atom. The molecule has 0 aromatic carbocycles. The zero-order valence-electron chi connectivity index (χ0n) is 14.1. The maximum absolute atomic E-state index is 12.1. The summed E-state index contributed by atoms with van der Waals surface area (Å²) in [6.07, 6.45) is 5.09. The van der Waals surface area contributed by atoms with E-state index in [0.29, 0.717) is 5.75 Å². The number of nitrogens with zero attached hydrogens (tertiary/aromatic N) is 2. The molecule has 0 radical (unpaired) electrons. The topological polar surface area (TPSA) is 54.9 Å². The Kier molecular flexibility index (Phi) is 4.65. The van der Waals surface area contributed by atoms with Gasteiger partial charge in [-0.2, -0.15) is 0 Å². The minimum Gasteiger partial charge on any atom is -0.351 e. The van der Waals surface area contributed by atoms with Gasteiger partial charge in [-0.3, -0.25) is 4.79 Å². The van der Waals surface area contributed by atoms with Gasteiger partial charge in [-0.05, 0) is 51.5 Å². The molecule has 1 aliphatic rings. The molecule has 2 aromatic heterocycles. The molecule has 0 spiro atoms. The lowest BCUT2D eigenvalue weighted by molar-refractivity contribution is -0.119. The molecule has 1 unspecified atom stereocenters. The standard InChI is InChI=1S/C17H23N3OS2/c1-10-5-6-11-12(7-10)23-16-14(11)15(18-9-19-16)22-8-13(21)20-17(2,3)4/h9-10H,5-8H2,1-4H3,(H,20,21). The van der Waals surface area contributed by atoms with Crippen molar-refractivity contribution in [2.45, 2.75) is 57.5 Å². The number of aryl methyl sites for hydroxylation is 1. The molecule has 124 valence electrons. The number of fused-ring (bicyclic) bond motifs is 3. The van der Waals surface area contributed by atoms with Gasteiger partial charge in [-0.15, -0.1) is 11.3 Å². The minimum atomic E-state index is -0.198. The normalized spacial score (nSPS) is 18.0. The number of thiophene rings is 1. The van der Waals surface area contributed by atoms with Crippen molar-refractivity contribution in [1.29, 1.82) is 0 Å². The van der Waals surface area contributed by atoms with Crippen molar-refractivity contribution in [1.82, 2.24) is 15.3 Å². The van der Waals surface area contributed by atoms with Crippen LogP contribution in [0.1, 0.15) is 44.6 Å². The fraction of sp³-hybridized carbons (Fsp3) is 0.588. The third-order valence-electron chi connectivity index (χ3n) is 3.91. The van der Waals surface area contributed by atoms with Crippen molar-refractivity contribution < 1.29 is 4.79 Å². The van der Waals surface area contributed by atoms with Crippen LogP contribution in [0.4, 0.5) is 0 Å². The summed E-state index contributed by atoms with van der Waals surface area (Å²) in [7, 11) is 0. The molecular formula is C17H23N3OS2. The maximum Gasteiger partial charge on any atom is 0.230 e. The van der Waals surface area contributed by atoms with E-state index in [2.05, 4.69) is 22.2 Å². The molecule has 6 heteroatoms. The monoisotopic (exact) mass is 349 g/mol. The first-order chi connectivity index (χ1) is 10.8. The van der Waals surface area contributed by atoms with Crippen LogP contribution in [0.2, 0.25) is 0 Å². The van der Waals surface area contributed by atoms with Gasteiger partial charge in [0.2, 0.25) is 5.91 Å². The van der Waals surface area contributed by atoms with Gasteiger partial charge in [0.05, 0.1) is 5.75 Å². The largest absolute Gasteiger partial charge is 0.351 e. The van der Waals surface area contributed by atoms with E-state index in [1.807, 2.05) is 20.8 Å². The molecular weight excluding hydrogens is 326 g/mol. The number of thioether (sulfide) groups is 1. The van der Waals surface area contributed by atoms with Crippen LogP contribution in [0.3, 0.4) is 0 Å². The van der Waals surface area contributed by atoms with Crippen molar-refractivity contribution in [3.05, 3.63) is 16.8 Å². The van der Waals surface area contributed by atoms with E-state index in [0.717, 1.165) is 28.6 Å². The van der Waals surface area contributed by atoms with E-state index in [1.54, 1.807) is 17.7 Å². The maximum atomic E-state index is 12.1. The fourth-order valence-electron chi connectivity index (χ4n) is 2.94. The summed E-state index contributed by atoms with van der Waals surface area (Å²) in [5.74, 6) is 1.19. The average molecular weight is 350 g/mol. The van der Waals surface area contributed by atoms with Crippen LogP contribution in [-0.2, 0) is 17.6 Å². The lowest BCUT2D eigenvalue weighted by Gasteiger charge is -2.20. The summed E-state index contributed by atoms with van der Waals surface area (Å²) in [6.45, 7) is 8.30. The predicted molar refractivity (Wildman–Crippen MR) is 97.2 cm³/mol. The molecule has 0 saturated heterocycles. The summed E-state index contributed by atoms with van der Waals surface area (Å²) in [5.41, 5.74) is 1.22. The van der Waals surface area contributed by atoms with Gasteiger partial charge in [-0.25, -0.2) is 9.97 Å². The number of hydrogen-bond donors (Lipinski definition) is 1. The zero-order chi connectivity index (χ0) is 16.6. The Balaban J connectivity index is 1.83. The first-order valence-electron chi connectivity index (χ1n) is 8.02. The molecule has 2 heterocycles. The first-order valence-corrected chi connectivity index (χ1v) is 9.83. The first kappa shape index (κ1) is 16.7. The SMILES string of the molecule is CC1CCc2c(sc3ncnc(SCC(=O)NC(C)(C)C)c23)C1.